The Bertz CT molecular complexity index is 557. The summed E-state index contributed by atoms with van der Waals surface area (Å²) < 4.78 is 38.4. The molecule has 22 heavy (non-hydrogen) atoms. The van der Waals surface area contributed by atoms with Crippen LogP contribution in [-0.4, -0.2) is 30.4 Å². The lowest BCUT2D eigenvalue weighted by Crippen LogP contribution is -2.51. The molecule has 5 nitrogen and oxygen atoms in total. The predicted molar refractivity (Wildman–Crippen MR) is 75.1 cm³/mol. The molecule has 0 unspecified atom stereocenters. The van der Waals surface area contributed by atoms with Crippen molar-refractivity contribution in [1.29, 1.82) is 0 Å². The van der Waals surface area contributed by atoms with Gasteiger partial charge in [-0.3, -0.25) is 9.59 Å². The minimum Gasteiger partial charge on any atom is -0.348 e. The Hall–Kier alpha value is -2.09. The minimum absolute atomic E-state index is 0.184. The third kappa shape index (κ3) is 5.03. The number of hydrogen-bond acceptors (Lipinski definition) is 3. The van der Waals surface area contributed by atoms with Gasteiger partial charge in [-0.25, -0.2) is 0 Å². The van der Waals surface area contributed by atoms with Gasteiger partial charge in [0.15, 0.2) is 0 Å². The molecule has 122 valence electrons. The minimum atomic E-state index is -4.64. The quantitative estimate of drug-likeness (QED) is 0.765. The maximum Gasteiger partial charge on any atom is 0.417 e. The summed E-state index contributed by atoms with van der Waals surface area (Å²) in [6, 6.07) is 4.38. The SMILES string of the molecule is CC(C)(CN)NC(=O)CNC(=O)c1ccccc1C(F)(F)F. The number of halogens is 3. The van der Waals surface area contributed by atoms with Crippen molar-refractivity contribution in [3.05, 3.63) is 35.4 Å². The first-order valence-electron chi connectivity index (χ1n) is 6.52. The molecule has 0 saturated heterocycles. The highest BCUT2D eigenvalue weighted by Gasteiger charge is 2.34. The normalized spacial score (nSPS) is 11.9. The molecular weight excluding hydrogens is 299 g/mol. The van der Waals surface area contributed by atoms with E-state index >= 15 is 0 Å². The number of alkyl halides is 3. The van der Waals surface area contributed by atoms with Crippen molar-refractivity contribution >= 4 is 11.8 Å². The Morgan fingerprint density at radius 2 is 1.77 bits per heavy atom. The van der Waals surface area contributed by atoms with E-state index in [1.165, 1.54) is 12.1 Å². The van der Waals surface area contributed by atoms with Gasteiger partial charge in [-0.2, -0.15) is 13.2 Å². The number of carbonyl (C=O) groups excluding carboxylic acids is 2. The second kappa shape index (κ2) is 6.78. The van der Waals surface area contributed by atoms with Gasteiger partial charge in [-0.15, -0.1) is 0 Å². The number of benzene rings is 1. The molecule has 1 aromatic carbocycles. The summed E-state index contributed by atoms with van der Waals surface area (Å²) >= 11 is 0. The summed E-state index contributed by atoms with van der Waals surface area (Å²) in [7, 11) is 0. The van der Waals surface area contributed by atoms with Crippen LogP contribution in [0.1, 0.15) is 29.8 Å². The second-order valence-corrected chi connectivity index (χ2v) is 5.36. The molecule has 0 aliphatic rings. The summed E-state index contributed by atoms with van der Waals surface area (Å²) in [6.07, 6.45) is -4.64. The molecule has 0 aliphatic carbocycles. The lowest BCUT2D eigenvalue weighted by Gasteiger charge is -2.24. The molecule has 1 aromatic rings. The molecule has 0 aliphatic heterocycles. The van der Waals surface area contributed by atoms with Gasteiger partial charge in [-0.05, 0) is 26.0 Å². The molecule has 1 rings (SSSR count). The monoisotopic (exact) mass is 317 g/mol. The molecule has 2 amide bonds. The third-order valence-corrected chi connectivity index (χ3v) is 2.87. The van der Waals surface area contributed by atoms with Gasteiger partial charge >= 0.3 is 6.18 Å². The Kier molecular flexibility index (Phi) is 5.54. The lowest BCUT2D eigenvalue weighted by molar-refractivity contribution is -0.137. The summed E-state index contributed by atoms with van der Waals surface area (Å²) in [5.74, 6) is -1.50. The van der Waals surface area contributed by atoms with Gasteiger partial charge in [0.2, 0.25) is 5.91 Å². The predicted octanol–water partition coefficient (Wildman–Crippen LogP) is 1.29. The van der Waals surface area contributed by atoms with Crippen LogP contribution in [0.3, 0.4) is 0 Å². The zero-order valence-corrected chi connectivity index (χ0v) is 12.3. The van der Waals surface area contributed by atoms with Crippen molar-refractivity contribution in [2.45, 2.75) is 25.6 Å². The fourth-order valence-corrected chi connectivity index (χ4v) is 1.66. The summed E-state index contributed by atoms with van der Waals surface area (Å²) in [5.41, 5.74) is 3.21. The van der Waals surface area contributed by atoms with Crippen LogP contribution in [0.5, 0.6) is 0 Å². The van der Waals surface area contributed by atoms with Crippen molar-refractivity contribution < 1.29 is 22.8 Å². The molecule has 0 radical (unpaired) electrons. The molecule has 0 heterocycles. The van der Waals surface area contributed by atoms with E-state index in [9.17, 15) is 22.8 Å². The highest BCUT2D eigenvalue weighted by Crippen LogP contribution is 2.31. The summed E-state index contributed by atoms with van der Waals surface area (Å²) in [5, 5.41) is 4.72. The Morgan fingerprint density at radius 1 is 1.18 bits per heavy atom. The smallest absolute Gasteiger partial charge is 0.348 e. The first kappa shape index (κ1) is 18.0. The van der Waals surface area contributed by atoms with Gasteiger partial charge in [-0.1, -0.05) is 12.1 Å². The zero-order chi connectivity index (χ0) is 17.0. The van der Waals surface area contributed by atoms with Gasteiger partial charge in [0, 0.05) is 12.1 Å². The fourth-order valence-electron chi connectivity index (χ4n) is 1.66. The van der Waals surface area contributed by atoms with Crippen LogP contribution in [0.25, 0.3) is 0 Å². The molecule has 0 spiro atoms. The van der Waals surface area contributed by atoms with Crippen molar-refractivity contribution in [2.75, 3.05) is 13.1 Å². The fraction of sp³-hybridized carbons (Fsp3) is 0.429. The molecule has 0 aromatic heterocycles. The van der Waals surface area contributed by atoms with Crippen LogP contribution in [0.2, 0.25) is 0 Å². The maximum absolute atomic E-state index is 12.8. The van der Waals surface area contributed by atoms with E-state index in [-0.39, 0.29) is 6.54 Å². The number of nitrogens with one attached hydrogen (secondary N) is 2. The van der Waals surface area contributed by atoms with Crippen LogP contribution in [0, 0.1) is 0 Å². The molecule has 4 N–H and O–H groups in total. The first-order chi connectivity index (χ1) is 10.1. The number of amides is 2. The van der Waals surface area contributed by atoms with Crippen molar-refractivity contribution in [3.8, 4) is 0 Å². The number of nitrogens with two attached hydrogens (primary N) is 1. The lowest BCUT2D eigenvalue weighted by atomic mass is 10.1. The highest BCUT2D eigenvalue weighted by atomic mass is 19.4. The standard InChI is InChI=1S/C14H18F3N3O2/c1-13(2,8-18)20-11(21)7-19-12(22)9-5-3-4-6-10(9)14(15,16)17/h3-6H,7-8,18H2,1-2H3,(H,19,22)(H,20,21). The number of rotatable bonds is 5. The molecule has 8 heteroatoms. The largest absolute Gasteiger partial charge is 0.417 e. The van der Waals surface area contributed by atoms with E-state index in [0.29, 0.717) is 0 Å². The van der Waals surface area contributed by atoms with Crippen molar-refractivity contribution in [3.63, 3.8) is 0 Å². The second-order valence-electron chi connectivity index (χ2n) is 5.36. The van der Waals surface area contributed by atoms with Crippen LogP contribution in [-0.2, 0) is 11.0 Å². The van der Waals surface area contributed by atoms with E-state index in [1.807, 2.05) is 0 Å². The van der Waals surface area contributed by atoms with E-state index in [2.05, 4.69) is 10.6 Å². The van der Waals surface area contributed by atoms with Crippen LogP contribution in [0.15, 0.2) is 24.3 Å². The average molecular weight is 317 g/mol. The highest BCUT2D eigenvalue weighted by molar-refractivity contribution is 5.97. The Morgan fingerprint density at radius 3 is 2.32 bits per heavy atom. The molecule has 0 saturated carbocycles. The summed E-state index contributed by atoms with van der Waals surface area (Å²) in [6.45, 7) is 3.12. The first-order valence-corrected chi connectivity index (χ1v) is 6.52. The number of carbonyl (C=O) groups is 2. The Labute approximate surface area is 126 Å². The van der Waals surface area contributed by atoms with E-state index in [4.69, 9.17) is 5.73 Å². The average Bonchev–Trinajstić information content (AvgIpc) is 2.43. The van der Waals surface area contributed by atoms with Crippen LogP contribution < -0.4 is 16.4 Å². The van der Waals surface area contributed by atoms with E-state index in [1.54, 1.807) is 13.8 Å². The van der Waals surface area contributed by atoms with Crippen molar-refractivity contribution in [1.82, 2.24) is 10.6 Å². The Balaban J connectivity index is 2.74. The molecule has 0 bridgehead atoms. The van der Waals surface area contributed by atoms with Crippen LogP contribution in [0.4, 0.5) is 13.2 Å². The van der Waals surface area contributed by atoms with Gasteiger partial charge in [0.25, 0.3) is 5.91 Å². The topological polar surface area (TPSA) is 84.2 Å². The molecule has 0 atom stereocenters. The summed E-state index contributed by atoms with van der Waals surface area (Å²) in [4.78, 5) is 23.5. The van der Waals surface area contributed by atoms with Crippen LogP contribution >= 0.6 is 0 Å². The van der Waals surface area contributed by atoms with E-state index in [0.717, 1.165) is 12.1 Å². The van der Waals surface area contributed by atoms with Gasteiger partial charge < -0.3 is 16.4 Å². The van der Waals surface area contributed by atoms with Crippen molar-refractivity contribution in [2.24, 2.45) is 5.73 Å². The third-order valence-electron chi connectivity index (χ3n) is 2.87. The van der Waals surface area contributed by atoms with Gasteiger partial charge in [0.1, 0.15) is 0 Å². The van der Waals surface area contributed by atoms with E-state index < -0.39 is 41.2 Å². The molecule has 0 fully saturated rings. The maximum atomic E-state index is 12.8. The number of hydrogen-bond donors (Lipinski definition) is 3. The molecular formula is C14H18F3N3O2. The zero-order valence-electron chi connectivity index (χ0n) is 12.3. The van der Waals surface area contributed by atoms with Gasteiger partial charge in [0.05, 0.1) is 17.7 Å².